The second kappa shape index (κ2) is 6.18. The third-order valence-electron chi connectivity index (χ3n) is 2.33. The quantitative estimate of drug-likeness (QED) is 0.798. The molecule has 84 valence electrons. The highest BCUT2D eigenvalue weighted by atomic mass is 35.5. The predicted molar refractivity (Wildman–Crippen MR) is 67.9 cm³/mol. The Morgan fingerprint density at radius 1 is 1.53 bits per heavy atom. The third-order valence-corrected chi connectivity index (χ3v) is 3.23. The van der Waals surface area contributed by atoms with E-state index in [1.54, 1.807) is 12.4 Å². The van der Waals surface area contributed by atoms with E-state index in [0.717, 1.165) is 18.0 Å². The highest BCUT2D eigenvalue weighted by molar-refractivity contribution is 7.98. The topological polar surface area (TPSA) is 29.0 Å². The van der Waals surface area contributed by atoms with E-state index in [1.165, 1.54) is 0 Å². The third kappa shape index (κ3) is 3.54. The van der Waals surface area contributed by atoms with E-state index < -0.39 is 0 Å². The van der Waals surface area contributed by atoms with E-state index in [0.29, 0.717) is 11.2 Å². The summed E-state index contributed by atoms with van der Waals surface area (Å²) in [5.41, 5.74) is 0. The van der Waals surface area contributed by atoms with Gasteiger partial charge in [-0.2, -0.15) is 11.8 Å². The van der Waals surface area contributed by atoms with Crippen LogP contribution < -0.4 is 4.90 Å². The fraction of sp³-hybridized carbons (Fsp3) is 0.600. The Bertz CT molecular complexity index is 308. The van der Waals surface area contributed by atoms with E-state index >= 15 is 0 Å². The smallest absolute Gasteiger partial charge is 0.149 e. The van der Waals surface area contributed by atoms with Gasteiger partial charge in [-0.3, -0.25) is 4.98 Å². The molecule has 1 atom stereocenters. The van der Waals surface area contributed by atoms with Gasteiger partial charge in [0.1, 0.15) is 11.0 Å². The van der Waals surface area contributed by atoms with Crippen LogP contribution in [0.25, 0.3) is 0 Å². The molecule has 3 nitrogen and oxygen atoms in total. The second-order valence-electron chi connectivity index (χ2n) is 3.33. The van der Waals surface area contributed by atoms with Gasteiger partial charge in [-0.1, -0.05) is 18.5 Å². The summed E-state index contributed by atoms with van der Waals surface area (Å²) in [5, 5.41) is 0.443. The number of thioether (sulfide) groups is 1. The number of anilines is 1. The van der Waals surface area contributed by atoms with Crippen molar-refractivity contribution in [2.45, 2.75) is 19.4 Å². The molecule has 5 heteroatoms. The largest absolute Gasteiger partial charge is 0.355 e. The highest BCUT2D eigenvalue weighted by Gasteiger charge is 2.14. The fourth-order valence-corrected chi connectivity index (χ4v) is 2.37. The van der Waals surface area contributed by atoms with Crippen molar-refractivity contribution in [3.8, 4) is 0 Å². The maximum Gasteiger partial charge on any atom is 0.149 e. The fourth-order valence-electron chi connectivity index (χ4n) is 1.39. The van der Waals surface area contributed by atoms with Gasteiger partial charge < -0.3 is 4.90 Å². The lowest BCUT2D eigenvalue weighted by Crippen LogP contribution is -2.33. The molecule has 0 aliphatic heterocycles. The Labute approximate surface area is 100 Å². The average molecular weight is 246 g/mol. The van der Waals surface area contributed by atoms with Crippen molar-refractivity contribution in [2.75, 3.05) is 24.0 Å². The summed E-state index contributed by atoms with van der Waals surface area (Å²) in [6.45, 7) is 2.18. The molecular formula is C10H16ClN3S. The number of hydrogen-bond acceptors (Lipinski definition) is 4. The van der Waals surface area contributed by atoms with Gasteiger partial charge in [0.25, 0.3) is 0 Å². The zero-order valence-electron chi connectivity index (χ0n) is 9.27. The molecule has 1 aromatic rings. The minimum Gasteiger partial charge on any atom is -0.355 e. The van der Waals surface area contributed by atoms with Crippen LogP contribution >= 0.6 is 23.4 Å². The van der Waals surface area contributed by atoms with E-state index in [1.807, 2.05) is 18.8 Å². The first kappa shape index (κ1) is 12.6. The lowest BCUT2D eigenvalue weighted by molar-refractivity contribution is 0.664. The van der Waals surface area contributed by atoms with E-state index in [-0.39, 0.29) is 0 Å². The minimum absolute atomic E-state index is 0.443. The van der Waals surface area contributed by atoms with Crippen LogP contribution in [0.3, 0.4) is 0 Å². The molecule has 0 bridgehead atoms. The molecule has 1 heterocycles. The molecule has 0 radical (unpaired) electrons. The summed E-state index contributed by atoms with van der Waals surface area (Å²) in [6.07, 6.45) is 6.50. The van der Waals surface area contributed by atoms with Gasteiger partial charge in [0, 0.05) is 18.8 Å². The van der Waals surface area contributed by atoms with Gasteiger partial charge in [-0.25, -0.2) is 4.98 Å². The van der Waals surface area contributed by atoms with Crippen molar-refractivity contribution in [3.63, 3.8) is 0 Å². The number of aromatic nitrogens is 2. The van der Waals surface area contributed by atoms with Crippen LogP contribution in [0.15, 0.2) is 12.4 Å². The Morgan fingerprint density at radius 3 is 2.80 bits per heavy atom. The number of hydrogen-bond donors (Lipinski definition) is 0. The first-order valence-corrected chi connectivity index (χ1v) is 6.65. The lowest BCUT2D eigenvalue weighted by Gasteiger charge is -2.27. The van der Waals surface area contributed by atoms with Gasteiger partial charge in [-0.15, -0.1) is 0 Å². The number of halogens is 1. The summed E-state index contributed by atoms with van der Waals surface area (Å²) in [5.74, 6) is 1.92. The van der Waals surface area contributed by atoms with Crippen molar-refractivity contribution in [1.82, 2.24) is 9.97 Å². The molecule has 0 saturated heterocycles. The Balaban J connectivity index is 2.77. The SMILES string of the molecule is CCC(CSC)N(C)c1cncc(Cl)n1. The zero-order valence-corrected chi connectivity index (χ0v) is 10.8. The number of rotatable bonds is 5. The minimum atomic E-state index is 0.443. The molecule has 0 aromatic carbocycles. The van der Waals surface area contributed by atoms with Gasteiger partial charge in [0.15, 0.2) is 0 Å². The summed E-state index contributed by atoms with van der Waals surface area (Å²) in [7, 11) is 2.03. The van der Waals surface area contributed by atoms with Crippen LogP contribution in [0.4, 0.5) is 5.82 Å². The molecule has 0 amide bonds. The number of nitrogens with zero attached hydrogens (tertiary/aromatic N) is 3. The molecule has 0 N–H and O–H groups in total. The molecule has 0 spiro atoms. The Hall–Kier alpha value is -0.480. The zero-order chi connectivity index (χ0) is 11.3. The average Bonchev–Trinajstić information content (AvgIpc) is 2.25. The van der Waals surface area contributed by atoms with Crippen molar-refractivity contribution in [2.24, 2.45) is 0 Å². The van der Waals surface area contributed by atoms with Crippen LogP contribution in [0.2, 0.25) is 5.15 Å². The van der Waals surface area contributed by atoms with Crippen LogP contribution in [0.1, 0.15) is 13.3 Å². The van der Waals surface area contributed by atoms with E-state index in [2.05, 4.69) is 28.0 Å². The summed E-state index contributed by atoms with van der Waals surface area (Å²) < 4.78 is 0. The van der Waals surface area contributed by atoms with E-state index in [9.17, 15) is 0 Å². The van der Waals surface area contributed by atoms with Gasteiger partial charge in [-0.05, 0) is 12.7 Å². The standard InChI is InChI=1S/C10H16ClN3S/c1-4-8(7-15-3)14(2)10-6-12-5-9(11)13-10/h5-6,8H,4,7H2,1-3H3. The molecular weight excluding hydrogens is 230 g/mol. The highest BCUT2D eigenvalue weighted by Crippen LogP contribution is 2.17. The van der Waals surface area contributed by atoms with Crippen molar-refractivity contribution in [3.05, 3.63) is 17.5 Å². The molecule has 1 rings (SSSR count). The summed E-state index contributed by atoms with van der Waals surface area (Å²) in [4.78, 5) is 10.4. The summed E-state index contributed by atoms with van der Waals surface area (Å²) in [6, 6.07) is 0.479. The van der Waals surface area contributed by atoms with Crippen molar-refractivity contribution < 1.29 is 0 Å². The van der Waals surface area contributed by atoms with Gasteiger partial charge >= 0.3 is 0 Å². The van der Waals surface area contributed by atoms with Gasteiger partial charge in [0.05, 0.1) is 12.4 Å². The van der Waals surface area contributed by atoms with Crippen molar-refractivity contribution in [1.29, 1.82) is 0 Å². The lowest BCUT2D eigenvalue weighted by atomic mass is 10.2. The molecule has 0 saturated carbocycles. The molecule has 0 fully saturated rings. The maximum absolute atomic E-state index is 5.81. The van der Waals surface area contributed by atoms with Gasteiger partial charge in [0.2, 0.25) is 0 Å². The first-order valence-electron chi connectivity index (χ1n) is 4.88. The second-order valence-corrected chi connectivity index (χ2v) is 4.63. The Kier molecular flexibility index (Phi) is 5.19. The van der Waals surface area contributed by atoms with Crippen molar-refractivity contribution >= 4 is 29.2 Å². The first-order chi connectivity index (χ1) is 7.19. The molecule has 15 heavy (non-hydrogen) atoms. The Morgan fingerprint density at radius 2 is 2.27 bits per heavy atom. The molecule has 0 aliphatic rings. The molecule has 0 aliphatic carbocycles. The molecule has 1 aromatic heterocycles. The maximum atomic E-state index is 5.81. The van der Waals surface area contributed by atoms with Crippen LogP contribution in [0.5, 0.6) is 0 Å². The van der Waals surface area contributed by atoms with Crippen LogP contribution in [0, 0.1) is 0 Å². The van der Waals surface area contributed by atoms with Crippen LogP contribution in [-0.4, -0.2) is 35.1 Å². The molecule has 1 unspecified atom stereocenters. The van der Waals surface area contributed by atoms with E-state index in [4.69, 9.17) is 11.6 Å². The summed E-state index contributed by atoms with van der Waals surface area (Å²) >= 11 is 7.65. The van der Waals surface area contributed by atoms with Crippen LogP contribution in [-0.2, 0) is 0 Å². The normalized spacial score (nSPS) is 12.5. The monoisotopic (exact) mass is 245 g/mol. The predicted octanol–water partition coefficient (Wildman–Crippen LogP) is 2.71.